The molecular weight excluding hydrogens is 296 g/mol. The third-order valence-electron chi connectivity index (χ3n) is 3.47. The number of carbonyl (C=O) groups is 1. The molecule has 0 bridgehead atoms. The molecule has 1 fully saturated rings. The summed E-state index contributed by atoms with van der Waals surface area (Å²) in [6.07, 6.45) is 0.914. The summed E-state index contributed by atoms with van der Waals surface area (Å²) in [6.45, 7) is 6.18. The lowest BCUT2D eigenvalue weighted by Gasteiger charge is -2.41. The van der Waals surface area contributed by atoms with Gasteiger partial charge in [0.1, 0.15) is 5.60 Å². The monoisotopic (exact) mass is 322 g/mol. The van der Waals surface area contributed by atoms with Crippen LogP contribution in [0.4, 0.5) is 4.79 Å². The molecule has 0 N–H and O–H groups in total. The second kappa shape index (κ2) is 6.50. The summed E-state index contributed by atoms with van der Waals surface area (Å²) in [4.78, 5) is 13.6. The fraction of sp³-hybridized carbons (Fsp3) is 0.923. The molecule has 1 rings (SSSR count). The fourth-order valence-electron chi connectivity index (χ4n) is 2.29. The van der Waals surface area contributed by atoms with E-state index in [-0.39, 0.29) is 12.1 Å². The van der Waals surface area contributed by atoms with Crippen molar-refractivity contribution in [3.63, 3.8) is 0 Å². The average molecular weight is 322 g/mol. The Morgan fingerprint density at radius 3 is 2.33 bits per heavy atom. The first-order chi connectivity index (χ1) is 9.45. The summed E-state index contributed by atoms with van der Waals surface area (Å²) in [7, 11) is -0.236. The summed E-state index contributed by atoms with van der Waals surface area (Å²) >= 11 is 0. The summed E-state index contributed by atoms with van der Waals surface area (Å²) in [5, 5.41) is 0. The molecule has 1 heterocycles. The Labute approximate surface area is 127 Å². The smallest absolute Gasteiger partial charge is 0.410 e. The Balaban J connectivity index is 2.76. The van der Waals surface area contributed by atoms with Gasteiger partial charge in [0.15, 0.2) is 0 Å². The zero-order valence-electron chi connectivity index (χ0n) is 13.6. The highest BCUT2D eigenvalue weighted by atomic mass is 32.2. The second-order valence-electron chi connectivity index (χ2n) is 6.34. The van der Waals surface area contributed by atoms with Crippen LogP contribution in [0.15, 0.2) is 0 Å². The molecule has 0 spiro atoms. The highest BCUT2D eigenvalue weighted by Gasteiger charge is 2.38. The molecular formula is C13H26N2O5S. The summed E-state index contributed by atoms with van der Waals surface area (Å²) in [5.74, 6) is 0. The Hall–Kier alpha value is -0.860. The number of rotatable bonds is 3. The quantitative estimate of drug-likeness (QED) is 0.772. The lowest BCUT2D eigenvalue weighted by Crippen LogP contribution is -2.56. The first kappa shape index (κ1) is 18.2. The van der Waals surface area contributed by atoms with Crippen molar-refractivity contribution in [3.05, 3.63) is 0 Å². The number of nitrogens with zero attached hydrogens (tertiary/aromatic N) is 2. The summed E-state index contributed by atoms with van der Waals surface area (Å²) in [6, 6.07) is -0.274. The molecule has 21 heavy (non-hydrogen) atoms. The number of piperidine rings is 1. The molecule has 1 amide bonds. The average Bonchev–Trinajstić information content (AvgIpc) is 2.33. The maximum Gasteiger partial charge on any atom is 0.410 e. The van der Waals surface area contributed by atoms with Crippen LogP contribution in [-0.4, -0.2) is 75.0 Å². The Morgan fingerprint density at radius 2 is 1.90 bits per heavy atom. The standard InChI is InChI=1S/C13H26N2O5S/c1-13(2,3)20-12(16)15-8-7-10(11(9-15)19-5)14(4)21(6,17)18/h10-11H,7-9H2,1-6H3/t10-,11-/m1/s1. The zero-order chi connectivity index (χ0) is 16.4. The Bertz CT molecular complexity index is 471. The highest BCUT2D eigenvalue weighted by Crippen LogP contribution is 2.22. The maximum atomic E-state index is 12.1. The van der Waals surface area contributed by atoms with Crippen LogP contribution >= 0.6 is 0 Å². The van der Waals surface area contributed by atoms with E-state index in [0.29, 0.717) is 19.5 Å². The minimum absolute atomic E-state index is 0.274. The van der Waals surface area contributed by atoms with Gasteiger partial charge in [0, 0.05) is 20.7 Å². The number of sulfonamides is 1. The molecule has 0 aliphatic carbocycles. The van der Waals surface area contributed by atoms with E-state index >= 15 is 0 Å². The molecule has 0 radical (unpaired) electrons. The van der Waals surface area contributed by atoms with E-state index in [4.69, 9.17) is 9.47 Å². The Morgan fingerprint density at radius 1 is 1.33 bits per heavy atom. The number of ether oxygens (including phenoxy) is 2. The molecule has 1 saturated heterocycles. The van der Waals surface area contributed by atoms with Gasteiger partial charge in [-0.3, -0.25) is 0 Å². The molecule has 0 aromatic heterocycles. The van der Waals surface area contributed by atoms with Crippen LogP contribution in [0, 0.1) is 0 Å². The highest BCUT2D eigenvalue weighted by molar-refractivity contribution is 7.88. The number of amides is 1. The largest absolute Gasteiger partial charge is 0.444 e. The van der Waals surface area contributed by atoms with Crippen LogP contribution in [0.5, 0.6) is 0 Å². The van der Waals surface area contributed by atoms with E-state index in [1.807, 2.05) is 20.8 Å². The van der Waals surface area contributed by atoms with Crippen LogP contribution in [0.1, 0.15) is 27.2 Å². The van der Waals surface area contributed by atoms with E-state index in [2.05, 4.69) is 0 Å². The number of methoxy groups -OCH3 is 1. The van der Waals surface area contributed by atoms with E-state index in [9.17, 15) is 13.2 Å². The molecule has 0 unspecified atom stereocenters. The van der Waals surface area contributed by atoms with Crippen LogP contribution < -0.4 is 0 Å². The number of carbonyl (C=O) groups excluding carboxylic acids is 1. The van der Waals surface area contributed by atoms with Gasteiger partial charge >= 0.3 is 6.09 Å². The van der Waals surface area contributed by atoms with Crippen molar-refractivity contribution in [1.82, 2.24) is 9.21 Å². The van der Waals surface area contributed by atoms with Gasteiger partial charge in [-0.15, -0.1) is 0 Å². The van der Waals surface area contributed by atoms with Gasteiger partial charge in [-0.2, -0.15) is 4.31 Å². The maximum absolute atomic E-state index is 12.1. The molecule has 0 aromatic rings. The van der Waals surface area contributed by atoms with Crippen LogP contribution in [0.25, 0.3) is 0 Å². The summed E-state index contributed by atoms with van der Waals surface area (Å²) in [5.41, 5.74) is -0.556. The molecule has 124 valence electrons. The molecule has 2 atom stereocenters. The van der Waals surface area contributed by atoms with Crippen molar-refractivity contribution in [2.24, 2.45) is 0 Å². The van der Waals surface area contributed by atoms with Crippen molar-refractivity contribution < 1.29 is 22.7 Å². The van der Waals surface area contributed by atoms with E-state index < -0.39 is 21.7 Å². The van der Waals surface area contributed by atoms with Crippen molar-refractivity contribution >= 4 is 16.1 Å². The minimum atomic E-state index is -3.29. The van der Waals surface area contributed by atoms with Crippen LogP contribution in [0.3, 0.4) is 0 Å². The van der Waals surface area contributed by atoms with Crippen molar-refractivity contribution in [2.45, 2.75) is 44.9 Å². The van der Waals surface area contributed by atoms with Crippen LogP contribution in [0.2, 0.25) is 0 Å². The topological polar surface area (TPSA) is 76.2 Å². The van der Waals surface area contributed by atoms with Crippen molar-refractivity contribution in [3.8, 4) is 0 Å². The van der Waals surface area contributed by atoms with E-state index in [0.717, 1.165) is 0 Å². The first-order valence-corrected chi connectivity index (χ1v) is 8.74. The number of hydrogen-bond acceptors (Lipinski definition) is 5. The Kier molecular flexibility index (Phi) is 5.63. The van der Waals surface area contributed by atoms with Crippen molar-refractivity contribution in [2.75, 3.05) is 33.5 Å². The van der Waals surface area contributed by atoms with Gasteiger partial charge < -0.3 is 14.4 Å². The third-order valence-corrected chi connectivity index (χ3v) is 4.79. The normalized spacial score (nSPS) is 24.2. The van der Waals surface area contributed by atoms with E-state index in [1.165, 1.54) is 24.7 Å². The van der Waals surface area contributed by atoms with Gasteiger partial charge in [0.2, 0.25) is 10.0 Å². The number of hydrogen-bond donors (Lipinski definition) is 0. The molecule has 1 aliphatic heterocycles. The molecule has 0 saturated carbocycles. The zero-order valence-corrected chi connectivity index (χ0v) is 14.4. The SMILES string of the molecule is CO[C@@H]1CN(C(=O)OC(C)(C)C)CC[C@H]1N(C)S(C)(=O)=O. The van der Waals surface area contributed by atoms with Gasteiger partial charge in [0.05, 0.1) is 24.9 Å². The fourth-order valence-corrected chi connectivity index (χ4v) is 3.02. The molecule has 7 nitrogen and oxygen atoms in total. The number of likely N-dealkylation sites (tertiary alicyclic amines) is 1. The van der Waals surface area contributed by atoms with Gasteiger partial charge in [-0.05, 0) is 27.2 Å². The predicted octanol–water partition coefficient (Wildman–Crippen LogP) is 0.902. The van der Waals surface area contributed by atoms with E-state index in [1.54, 1.807) is 4.90 Å². The third kappa shape index (κ3) is 5.12. The minimum Gasteiger partial charge on any atom is -0.444 e. The lowest BCUT2D eigenvalue weighted by atomic mass is 10.0. The van der Waals surface area contributed by atoms with Gasteiger partial charge in [-0.1, -0.05) is 0 Å². The predicted molar refractivity (Wildman–Crippen MR) is 79.6 cm³/mol. The first-order valence-electron chi connectivity index (χ1n) is 6.89. The molecule has 8 heteroatoms. The number of likely N-dealkylation sites (N-methyl/N-ethyl adjacent to an activating group) is 1. The lowest BCUT2D eigenvalue weighted by molar-refractivity contribution is -0.0280. The van der Waals surface area contributed by atoms with Gasteiger partial charge in [-0.25, -0.2) is 13.2 Å². The molecule has 0 aromatic carbocycles. The molecule has 1 aliphatic rings. The summed E-state index contributed by atoms with van der Waals surface area (Å²) < 4.78 is 35.3. The van der Waals surface area contributed by atoms with Crippen LogP contribution in [-0.2, 0) is 19.5 Å². The second-order valence-corrected chi connectivity index (χ2v) is 8.38. The van der Waals surface area contributed by atoms with Crippen molar-refractivity contribution in [1.29, 1.82) is 0 Å². The van der Waals surface area contributed by atoms with Gasteiger partial charge in [0.25, 0.3) is 0 Å².